The minimum absolute atomic E-state index is 0.0787. The summed E-state index contributed by atoms with van der Waals surface area (Å²) in [7, 11) is 1.63. The third kappa shape index (κ3) is 39.7. The van der Waals surface area contributed by atoms with Gasteiger partial charge in [0.05, 0.1) is 39.9 Å². The van der Waals surface area contributed by atoms with Crippen molar-refractivity contribution in [2.75, 3.05) is 40.9 Å². The van der Waals surface area contributed by atoms with E-state index < -0.39 is 20.0 Å². The molecule has 1 amide bonds. The molecule has 0 spiro atoms. The lowest BCUT2D eigenvalue weighted by Crippen LogP contribution is -2.46. The number of phosphoric ester groups is 1. The summed E-state index contributed by atoms with van der Waals surface area (Å²) in [4.78, 5) is 23.2. The summed E-state index contributed by atoms with van der Waals surface area (Å²) in [5, 5.41) is 14.0. The number of carbonyl (C=O) groups is 1. The van der Waals surface area contributed by atoms with Gasteiger partial charge in [-0.2, -0.15) is 0 Å². The van der Waals surface area contributed by atoms with Crippen LogP contribution in [-0.4, -0.2) is 73.4 Å². The molecule has 8 nitrogen and oxygen atoms in total. The number of phosphoric acid groups is 1. The topological polar surface area (TPSA) is 105 Å². The molecule has 0 aromatic heterocycles. The second-order valence-electron chi connectivity index (χ2n) is 17.5. The number of quaternary nitrogens is 1. The van der Waals surface area contributed by atoms with Crippen molar-refractivity contribution in [3.8, 4) is 0 Å². The van der Waals surface area contributed by atoms with Crippen LogP contribution in [0.5, 0.6) is 0 Å². The number of hydrogen-bond donors (Lipinski definition) is 3. The summed E-state index contributed by atoms with van der Waals surface area (Å²) in [6, 6.07) is -0.752. The minimum atomic E-state index is -4.31. The largest absolute Gasteiger partial charge is 0.472 e. The number of aliphatic hydroxyl groups excluding tert-OH is 1. The lowest BCUT2D eigenvalue weighted by atomic mass is 10.0. The van der Waals surface area contributed by atoms with E-state index in [4.69, 9.17) is 9.05 Å². The molecule has 0 aliphatic rings. The van der Waals surface area contributed by atoms with Crippen molar-refractivity contribution < 1.29 is 32.9 Å². The molecule has 0 fully saturated rings. The molecule has 0 radical (unpaired) electrons. The fourth-order valence-electron chi connectivity index (χ4n) is 7.11. The quantitative estimate of drug-likeness (QED) is 0.0323. The van der Waals surface area contributed by atoms with Gasteiger partial charge in [0, 0.05) is 6.42 Å². The first kappa shape index (κ1) is 53.5. The molecule has 0 heterocycles. The third-order valence-electron chi connectivity index (χ3n) is 10.9. The number of likely N-dealkylation sites (N-methyl/N-ethyl adjacent to an activating group) is 1. The number of unbranched alkanes of at least 4 members (excludes halogenated alkanes) is 30. The Hall–Kier alpha value is -0.500. The highest BCUT2D eigenvalue weighted by atomic mass is 31.2. The first-order valence-corrected chi connectivity index (χ1v) is 24.9. The second-order valence-corrected chi connectivity index (χ2v) is 19.0. The van der Waals surface area contributed by atoms with Gasteiger partial charge in [0.15, 0.2) is 0 Å². The minimum Gasteiger partial charge on any atom is -0.391 e. The highest BCUT2D eigenvalue weighted by molar-refractivity contribution is 7.47. The number of hydrogen-bond acceptors (Lipinski definition) is 5. The van der Waals surface area contributed by atoms with E-state index in [1.54, 1.807) is 0 Å². The van der Waals surface area contributed by atoms with E-state index in [0.717, 1.165) is 38.5 Å². The van der Waals surface area contributed by atoms with Gasteiger partial charge in [-0.1, -0.05) is 213 Å². The van der Waals surface area contributed by atoms with Crippen LogP contribution in [0.15, 0.2) is 0 Å². The van der Waals surface area contributed by atoms with Gasteiger partial charge in [0.1, 0.15) is 13.2 Å². The van der Waals surface area contributed by atoms with Crippen molar-refractivity contribution >= 4 is 13.7 Å². The number of aliphatic hydroxyl groups is 1. The van der Waals surface area contributed by atoms with Crippen LogP contribution in [0.25, 0.3) is 0 Å². The number of amides is 1. The van der Waals surface area contributed by atoms with Crippen molar-refractivity contribution in [3.05, 3.63) is 0 Å². The Bertz CT molecular complexity index is 855. The van der Waals surface area contributed by atoms with Gasteiger partial charge < -0.3 is 19.8 Å². The first-order chi connectivity index (χ1) is 26.0. The number of rotatable bonds is 43. The van der Waals surface area contributed by atoms with Gasteiger partial charge in [0.25, 0.3) is 0 Å². The van der Waals surface area contributed by atoms with Gasteiger partial charge in [-0.25, -0.2) is 4.57 Å². The zero-order chi connectivity index (χ0) is 40.0. The van der Waals surface area contributed by atoms with Crippen LogP contribution >= 0.6 is 7.82 Å². The lowest BCUT2D eigenvalue weighted by molar-refractivity contribution is -0.870. The molecule has 324 valence electrons. The van der Waals surface area contributed by atoms with Crippen molar-refractivity contribution in [2.45, 2.75) is 244 Å². The Balaban J connectivity index is 4.29. The van der Waals surface area contributed by atoms with Gasteiger partial charge in [-0.15, -0.1) is 0 Å². The van der Waals surface area contributed by atoms with Crippen molar-refractivity contribution in [1.82, 2.24) is 5.32 Å². The van der Waals surface area contributed by atoms with Crippen LogP contribution in [-0.2, 0) is 18.4 Å². The van der Waals surface area contributed by atoms with Crippen LogP contribution in [0, 0.1) is 0 Å². The van der Waals surface area contributed by atoms with Crippen LogP contribution in [0.2, 0.25) is 0 Å². The summed E-state index contributed by atoms with van der Waals surface area (Å²) < 4.78 is 23.6. The Morgan fingerprint density at radius 1 is 0.556 bits per heavy atom. The van der Waals surface area contributed by atoms with E-state index in [-0.39, 0.29) is 19.1 Å². The van der Waals surface area contributed by atoms with E-state index in [9.17, 15) is 19.4 Å². The molecule has 54 heavy (non-hydrogen) atoms. The summed E-state index contributed by atoms with van der Waals surface area (Å²) in [5.74, 6) is -0.140. The number of nitrogens with one attached hydrogen (secondary N) is 1. The molecule has 0 aromatic rings. The maximum atomic E-state index is 12.9. The third-order valence-corrected chi connectivity index (χ3v) is 11.8. The van der Waals surface area contributed by atoms with Gasteiger partial charge in [-0.05, 0) is 12.8 Å². The molecule has 0 rings (SSSR count). The average molecular weight is 790 g/mol. The molecule has 3 atom stereocenters. The summed E-state index contributed by atoms with van der Waals surface area (Å²) in [5.41, 5.74) is 0. The summed E-state index contributed by atoms with van der Waals surface area (Å²) >= 11 is 0. The zero-order valence-corrected chi connectivity index (χ0v) is 37.6. The molecule has 0 aromatic carbocycles. The number of carbonyl (C=O) groups excluding carboxylic acids is 1. The molecule has 0 aliphatic heterocycles. The monoisotopic (exact) mass is 790 g/mol. The molecule has 0 saturated heterocycles. The van der Waals surface area contributed by atoms with E-state index in [0.29, 0.717) is 23.9 Å². The van der Waals surface area contributed by atoms with E-state index in [2.05, 4.69) is 19.2 Å². The van der Waals surface area contributed by atoms with Crippen LogP contribution in [0.3, 0.4) is 0 Å². The second kappa shape index (κ2) is 38.0. The Kier molecular flexibility index (Phi) is 37.7. The van der Waals surface area contributed by atoms with Crippen LogP contribution in [0.4, 0.5) is 0 Å². The molecule has 3 N–H and O–H groups in total. The predicted molar refractivity (Wildman–Crippen MR) is 231 cm³/mol. The van der Waals surface area contributed by atoms with Crippen molar-refractivity contribution in [1.29, 1.82) is 0 Å². The summed E-state index contributed by atoms with van der Waals surface area (Å²) in [6.07, 6.45) is 41.2. The molecule has 9 heteroatoms. The standard InChI is InChI=1S/C45H93N2O6P/c1-6-8-10-12-14-16-18-20-22-23-25-27-29-31-33-35-37-39-45(49)46-43(42-53-54(50,51)52-41-40-47(3,4)5)44(48)38-36-34-32-30-28-26-24-21-19-17-15-13-11-9-7-2/h43-44,48H,6-42H2,1-5H3,(H-,46,49,50,51)/p+1. The molecule has 0 aliphatic carbocycles. The fourth-order valence-corrected chi connectivity index (χ4v) is 7.84. The normalized spacial score (nSPS) is 14.3. The van der Waals surface area contributed by atoms with Crippen LogP contribution in [0.1, 0.15) is 232 Å². The zero-order valence-electron chi connectivity index (χ0n) is 36.7. The van der Waals surface area contributed by atoms with E-state index >= 15 is 0 Å². The molecule has 0 saturated carbocycles. The molecular weight excluding hydrogens is 695 g/mol. The van der Waals surface area contributed by atoms with Crippen LogP contribution < -0.4 is 5.32 Å². The SMILES string of the molecule is CCCCCCCCCCCCCCCCCCCC(=O)NC(COP(=O)(O)OCC[N+](C)(C)C)C(O)CCCCCCCCCCCCCCCCC. The smallest absolute Gasteiger partial charge is 0.391 e. The van der Waals surface area contributed by atoms with Crippen molar-refractivity contribution in [3.63, 3.8) is 0 Å². The molecule has 3 unspecified atom stereocenters. The van der Waals surface area contributed by atoms with Gasteiger partial charge >= 0.3 is 7.82 Å². The van der Waals surface area contributed by atoms with E-state index in [1.807, 2.05) is 21.1 Å². The maximum Gasteiger partial charge on any atom is 0.472 e. The average Bonchev–Trinajstić information content (AvgIpc) is 3.12. The molecular formula is C45H94N2O6P+. The predicted octanol–water partition coefficient (Wildman–Crippen LogP) is 13.0. The molecule has 0 bridgehead atoms. The van der Waals surface area contributed by atoms with Crippen molar-refractivity contribution in [2.24, 2.45) is 0 Å². The highest BCUT2D eigenvalue weighted by Crippen LogP contribution is 2.43. The maximum absolute atomic E-state index is 12.9. The van der Waals surface area contributed by atoms with Gasteiger partial charge in [-0.3, -0.25) is 13.8 Å². The Morgan fingerprint density at radius 3 is 1.24 bits per heavy atom. The Labute approximate surface area is 336 Å². The Morgan fingerprint density at radius 2 is 0.889 bits per heavy atom. The summed E-state index contributed by atoms with van der Waals surface area (Å²) in [6.45, 7) is 4.91. The first-order valence-electron chi connectivity index (χ1n) is 23.4. The lowest BCUT2D eigenvalue weighted by Gasteiger charge is -2.26. The fraction of sp³-hybridized carbons (Fsp3) is 0.978. The van der Waals surface area contributed by atoms with E-state index in [1.165, 1.54) is 167 Å². The highest BCUT2D eigenvalue weighted by Gasteiger charge is 2.28. The number of nitrogens with zero attached hydrogens (tertiary/aromatic N) is 1. The van der Waals surface area contributed by atoms with Gasteiger partial charge in [0.2, 0.25) is 5.91 Å².